The van der Waals surface area contributed by atoms with Crippen LogP contribution < -0.4 is 5.32 Å². The standard InChI is InChI=1S/C9H16N2O3/c1-9(3-4-9)6-10-8(14)11(2)5-7(12)13/h3-6H2,1-2H3,(H,10,14)(H,12,13). The molecule has 1 rings (SSSR count). The van der Waals surface area contributed by atoms with Gasteiger partial charge in [0.05, 0.1) is 0 Å². The van der Waals surface area contributed by atoms with E-state index in [0.29, 0.717) is 6.54 Å². The zero-order valence-electron chi connectivity index (χ0n) is 8.54. The van der Waals surface area contributed by atoms with Crippen molar-refractivity contribution in [1.29, 1.82) is 0 Å². The van der Waals surface area contributed by atoms with Gasteiger partial charge in [-0.15, -0.1) is 0 Å². The van der Waals surface area contributed by atoms with Gasteiger partial charge in [-0.25, -0.2) is 4.79 Å². The number of hydrogen-bond acceptors (Lipinski definition) is 2. The number of aliphatic carboxylic acids is 1. The number of rotatable bonds is 4. The number of likely N-dealkylation sites (N-methyl/N-ethyl adjacent to an activating group) is 1. The van der Waals surface area contributed by atoms with E-state index < -0.39 is 5.97 Å². The van der Waals surface area contributed by atoms with E-state index in [0.717, 1.165) is 17.7 Å². The van der Waals surface area contributed by atoms with Crippen LogP contribution >= 0.6 is 0 Å². The molecule has 0 aromatic carbocycles. The van der Waals surface area contributed by atoms with E-state index in [9.17, 15) is 9.59 Å². The zero-order chi connectivity index (χ0) is 10.8. The summed E-state index contributed by atoms with van der Waals surface area (Å²) in [6.45, 7) is 2.48. The Balaban J connectivity index is 2.23. The molecule has 2 N–H and O–H groups in total. The predicted molar refractivity (Wildman–Crippen MR) is 51.0 cm³/mol. The largest absolute Gasteiger partial charge is 0.480 e. The lowest BCUT2D eigenvalue weighted by Crippen LogP contribution is -2.41. The number of carbonyl (C=O) groups excluding carboxylic acids is 1. The summed E-state index contributed by atoms with van der Waals surface area (Å²) in [5.41, 5.74) is 0.250. The molecule has 5 nitrogen and oxygen atoms in total. The summed E-state index contributed by atoms with van der Waals surface area (Å²) in [5.74, 6) is -1.000. The minimum atomic E-state index is -1.000. The highest BCUT2D eigenvalue weighted by molar-refractivity contribution is 5.79. The first-order chi connectivity index (χ1) is 6.43. The first-order valence-corrected chi connectivity index (χ1v) is 4.64. The van der Waals surface area contributed by atoms with Crippen molar-refractivity contribution in [3.8, 4) is 0 Å². The van der Waals surface area contributed by atoms with Gasteiger partial charge in [0.2, 0.25) is 0 Å². The third-order valence-electron chi connectivity index (χ3n) is 2.49. The van der Waals surface area contributed by atoms with Gasteiger partial charge in [-0.3, -0.25) is 4.79 Å². The Kier molecular flexibility index (Phi) is 2.98. The molecule has 0 aliphatic heterocycles. The number of carboxylic acids is 1. The molecular formula is C9H16N2O3. The number of amides is 2. The van der Waals surface area contributed by atoms with Crippen molar-refractivity contribution in [2.75, 3.05) is 20.1 Å². The summed E-state index contributed by atoms with van der Waals surface area (Å²) in [4.78, 5) is 22.8. The molecule has 0 atom stereocenters. The molecule has 5 heteroatoms. The highest BCUT2D eigenvalue weighted by Gasteiger charge is 2.37. The molecule has 0 saturated heterocycles. The lowest BCUT2D eigenvalue weighted by atomic mass is 10.1. The molecule has 1 aliphatic carbocycles. The predicted octanol–water partition coefficient (Wildman–Crippen LogP) is 0.512. The fourth-order valence-corrected chi connectivity index (χ4v) is 1.09. The van der Waals surface area contributed by atoms with Crippen molar-refractivity contribution in [1.82, 2.24) is 10.2 Å². The molecule has 0 unspecified atom stereocenters. The summed E-state index contributed by atoms with van der Waals surface area (Å²) in [6, 6.07) is -0.319. The van der Waals surface area contributed by atoms with Crippen molar-refractivity contribution in [2.45, 2.75) is 19.8 Å². The van der Waals surface area contributed by atoms with Gasteiger partial charge in [-0.05, 0) is 18.3 Å². The smallest absolute Gasteiger partial charge is 0.323 e. The van der Waals surface area contributed by atoms with Crippen LogP contribution in [0, 0.1) is 5.41 Å². The molecule has 1 saturated carbocycles. The van der Waals surface area contributed by atoms with E-state index >= 15 is 0 Å². The van der Waals surface area contributed by atoms with Crippen LogP contribution in [-0.2, 0) is 4.79 Å². The van der Waals surface area contributed by atoms with E-state index in [1.54, 1.807) is 0 Å². The molecule has 0 bridgehead atoms. The summed E-state index contributed by atoms with van der Waals surface area (Å²) >= 11 is 0. The number of carbonyl (C=O) groups is 2. The molecular weight excluding hydrogens is 184 g/mol. The average molecular weight is 200 g/mol. The normalized spacial score (nSPS) is 17.3. The van der Waals surface area contributed by atoms with E-state index in [1.807, 2.05) is 0 Å². The summed E-state index contributed by atoms with van der Waals surface area (Å²) in [5, 5.41) is 11.2. The van der Waals surface area contributed by atoms with Crippen LogP contribution in [0.15, 0.2) is 0 Å². The Bertz CT molecular complexity index is 248. The first-order valence-electron chi connectivity index (χ1n) is 4.64. The summed E-state index contributed by atoms with van der Waals surface area (Å²) in [7, 11) is 1.47. The van der Waals surface area contributed by atoms with E-state index in [2.05, 4.69) is 12.2 Å². The number of nitrogens with one attached hydrogen (secondary N) is 1. The van der Waals surface area contributed by atoms with Crippen molar-refractivity contribution in [2.24, 2.45) is 5.41 Å². The summed E-state index contributed by atoms with van der Waals surface area (Å²) in [6.07, 6.45) is 2.27. The molecule has 0 aromatic rings. The SMILES string of the molecule is CN(CC(=O)O)C(=O)NCC1(C)CC1. The number of nitrogens with zero attached hydrogens (tertiary/aromatic N) is 1. The fourth-order valence-electron chi connectivity index (χ4n) is 1.09. The Labute approximate surface area is 83.1 Å². The maximum atomic E-state index is 11.3. The third-order valence-corrected chi connectivity index (χ3v) is 2.49. The van der Waals surface area contributed by atoms with Crippen LogP contribution in [0.5, 0.6) is 0 Å². The number of carboxylic acid groups (broad SMARTS) is 1. The fraction of sp³-hybridized carbons (Fsp3) is 0.778. The van der Waals surface area contributed by atoms with Gasteiger partial charge in [-0.1, -0.05) is 6.92 Å². The highest BCUT2D eigenvalue weighted by atomic mass is 16.4. The third kappa shape index (κ3) is 3.24. The van der Waals surface area contributed by atoms with Crippen molar-refractivity contribution in [3.05, 3.63) is 0 Å². The molecule has 0 aromatic heterocycles. The molecule has 0 heterocycles. The molecule has 80 valence electrons. The van der Waals surface area contributed by atoms with Crippen molar-refractivity contribution < 1.29 is 14.7 Å². The highest BCUT2D eigenvalue weighted by Crippen LogP contribution is 2.43. The molecule has 1 aliphatic rings. The lowest BCUT2D eigenvalue weighted by Gasteiger charge is -2.17. The molecule has 2 amide bonds. The Hall–Kier alpha value is -1.26. The maximum absolute atomic E-state index is 11.3. The van der Waals surface area contributed by atoms with Crippen molar-refractivity contribution in [3.63, 3.8) is 0 Å². The van der Waals surface area contributed by atoms with Gasteiger partial charge in [0.15, 0.2) is 0 Å². The van der Waals surface area contributed by atoms with Gasteiger partial charge < -0.3 is 15.3 Å². The van der Waals surface area contributed by atoms with Crippen LogP contribution in [0.2, 0.25) is 0 Å². The quantitative estimate of drug-likeness (QED) is 0.694. The van der Waals surface area contributed by atoms with Crippen LogP contribution in [0.4, 0.5) is 4.79 Å². The second-order valence-corrected chi connectivity index (χ2v) is 4.22. The lowest BCUT2D eigenvalue weighted by molar-refractivity contribution is -0.137. The second-order valence-electron chi connectivity index (χ2n) is 4.22. The van der Waals surface area contributed by atoms with Gasteiger partial charge in [-0.2, -0.15) is 0 Å². The van der Waals surface area contributed by atoms with Crippen LogP contribution in [0.1, 0.15) is 19.8 Å². The minimum absolute atomic E-state index is 0.250. The van der Waals surface area contributed by atoms with Crippen molar-refractivity contribution >= 4 is 12.0 Å². The zero-order valence-corrected chi connectivity index (χ0v) is 8.54. The topological polar surface area (TPSA) is 69.6 Å². The molecule has 1 fully saturated rings. The van der Waals surface area contributed by atoms with Gasteiger partial charge in [0.1, 0.15) is 6.54 Å². The Morgan fingerprint density at radius 3 is 2.50 bits per heavy atom. The first kappa shape index (κ1) is 10.8. The monoisotopic (exact) mass is 200 g/mol. The Morgan fingerprint density at radius 2 is 2.07 bits per heavy atom. The minimum Gasteiger partial charge on any atom is -0.480 e. The number of hydrogen-bond donors (Lipinski definition) is 2. The summed E-state index contributed by atoms with van der Waals surface area (Å²) < 4.78 is 0. The maximum Gasteiger partial charge on any atom is 0.323 e. The van der Waals surface area contributed by atoms with E-state index in [1.165, 1.54) is 7.05 Å². The molecule has 0 radical (unpaired) electrons. The van der Waals surface area contributed by atoms with Crippen LogP contribution in [0.25, 0.3) is 0 Å². The Morgan fingerprint density at radius 1 is 1.50 bits per heavy atom. The molecule has 14 heavy (non-hydrogen) atoms. The van der Waals surface area contributed by atoms with Gasteiger partial charge in [0, 0.05) is 13.6 Å². The van der Waals surface area contributed by atoms with E-state index in [4.69, 9.17) is 5.11 Å². The van der Waals surface area contributed by atoms with E-state index in [-0.39, 0.29) is 18.0 Å². The van der Waals surface area contributed by atoms with Gasteiger partial charge >= 0.3 is 12.0 Å². The number of urea groups is 1. The molecule has 0 spiro atoms. The van der Waals surface area contributed by atoms with Crippen LogP contribution in [-0.4, -0.2) is 42.1 Å². The second kappa shape index (κ2) is 3.86. The van der Waals surface area contributed by atoms with Crippen LogP contribution in [0.3, 0.4) is 0 Å². The average Bonchev–Trinajstić information content (AvgIpc) is 2.79. The van der Waals surface area contributed by atoms with Gasteiger partial charge in [0.25, 0.3) is 0 Å².